The summed E-state index contributed by atoms with van der Waals surface area (Å²) in [7, 11) is 0. The van der Waals surface area contributed by atoms with E-state index in [-0.39, 0.29) is 24.3 Å². The van der Waals surface area contributed by atoms with Crippen molar-refractivity contribution in [2.24, 2.45) is 5.73 Å². The molecule has 0 radical (unpaired) electrons. The second-order valence-electron chi connectivity index (χ2n) is 5.16. The molecule has 1 aromatic heterocycles. The molecule has 3 nitrogen and oxygen atoms in total. The molecule has 0 bridgehead atoms. The highest BCUT2D eigenvalue weighted by Gasteiger charge is 2.31. The van der Waals surface area contributed by atoms with Gasteiger partial charge in [-0.3, -0.25) is 4.90 Å². The minimum Gasteiger partial charge on any atom is -0.373 e. The van der Waals surface area contributed by atoms with Gasteiger partial charge in [0.2, 0.25) is 0 Å². The number of hydrogen-bond donors (Lipinski definition) is 1. The number of rotatable bonds is 3. The zero-order valence-corrected chi connectivity index (χ0v) is 13.5. The SMILES string of the molecule is CC1CN(C(c2ccc(Br)s2)C(C)N)CC(C)O1. The molecule has 1 saturated heterocycles. The van der Waals surface area contributed by atoms with Gasteiger partial charge in [-0.15, -0.1) is 11.3 Å². The van der Waals surface area contributed by atoms with Gasteiger partial charge in [0.05, 0.1) is 22.0 Å². The Labute approximate surface area is 121 Å². The standard InChI is InChI=1S/C13H21BrN2OS/c1-8-6-16(7-9(2)17-8)13(10(3)15)11-4-5-12(14)18-11/h4-5,8-10,13H,6-7,15H2,1-3H3. The van der Waals surface area contributed by atoms with Crippen LogP contribution < -0.4 is 5.73 Å². The number of thiophene rings is 1. The van der Waals surface area contributed by atoms with Gasteiger partial charge in [-0.1, -0.05) is 0 Å². The Hall–Kier alpha value is 0.0600. The van der Waals surface area contributed by atoms with Crippen LogP contribution in [0.1, 0.15) is 31.7 Å². The van der Waals surface area contributed by atoms with E-state index in [0.29, 0.717) is 0 Å². The zero-order valence-electron chi connectivity index (χ0n) is 11.1. The normalized spacial score (nSPS) is 29.2. The van der Waals surface area contributed by atoms with E-state index in [2.05, 4.69) is 53.7 Å². The molecule has 0 amide bonds. The smallest absolute Gasteiger partial charge is 0.0702 e. The molecule has 1 aliphatic rings. The fourth-order valence-corrected chi connectivity index (χ4v) is 4.38. The van der Waals surface area contributed by atoms with Crippen LogP contribution in [-0.4, -0.2) is 36.2 Å². The van der Waals surface area contributed by atoms with Gasteiger partial charge in [0.15, 0.2) is 0 Å². The maximum Gasteiger partial charge on any atom is 0.0702 e. The molecule has 0 saturated carbocycles. The Morgan fingerprint density at radius 2 is 2.00 bits per heavy atom. The van der Waals surface area contributed by atoms with Gasteiger partial charge in [0, 0.05) is 24.0 Å². The lowest BCUT2D eigenvalue weighted by atomic mass is 10.0. The van der Waals surface area contributed by atoms with E-state index in [1.165, 1.54) is 4.88 Å². The van der Waals surface area contributed by atoms with Crippen LogP contribution in [0.25, 0.3) is 0 Å². The number of halogens is 1. The minimum absolute atomic E-state index is 0.119. The summed E-state index contributed by atoms with van der Waals surface area (Å²) in [4.78, 5) is 3.79. The maximum absolute atomic E-state index is 6.21. The van der Waals surface area contributed by atoms with Crippen molar-refractivity contribution < 1.29 is 4.74 Å². The Morgan fingerprint density at radius 1 is 1.39 bits per heavy atom. The van der Waals surface area contributed by atoms with Gasteiger partial charge in [-0.05, 0) is 48.8 Å². The lowest BCUT2D eigenvalue weighted by Crippen LogP contribution is -2.50. The van der Waals surface area contributed by atoms with E-state index in [0.717, 1.165) is 16.9 Å². The van der Waals surface area contributed by atoms with Gasteiger partial charge < -0.3 is 10.5 Å². The third kappa shape index (κ3) is 3.33. The first-order chi connectivity index (χ1) is 8.47. The monoisotopic (exact) mass is 332 g/mol. The van der Waals surface area contributed by atoms with Crippen molar-refractivity contribution in [1.82, 2.24) is 4.90 Å². The molecule has 0 aromatic carbocycles. The number of nitrogens with two attached hydrogens (primary N) is 1. The van der Waals surface area contributed by atoms with E-state index in [4.69, 9.17) is 10.5 Å². The summed E-state index contributed by atoms with van der Waals surface area (Å²) in [5.74, 6) is 0. The molecule has 2 rings (SSSR count). The fourth-order valence-electron chi connectivity index (χ4n) is 2.70. The lowest BCUT2D eigenvalue weighted by Gasteiger charge is -2.41. The van der Waals surface area contributed by atoms with Crippen molar-refractivity contribution in [3.05, 3.63) is 20.8 Å². The van der Waals surface area contributed by atoms with Crippen LogP contribution in [0.5, 0.6) is 0 Å². The molecule has 1 fully saturated rings. The average Bonchev–Trinajstić information content (AvgIpc) is 2.62. The van der Waals surface area contributed by atoms with Crippen LogP contribution in [0.15, 0.2) is 15.9 Å². The van der Waals surface area contributed by atoms with E-state index in [1.54, 1.807) is 11.3 Å². The van der Waals surface area contributed by atoms with Gasteiger partial charge in [0.25, 0.3) is 0 Å². The molecular formula is C13H21BrN2OS. The minimum atomic E-state index is 0.119. The first kappa shape index (κ1) is 14.5. The van der Waals surface area contributed by atoms with Crippen molar-refractivity contribution in [1.29, 1.82) is 0 Å². The first-order valence-electron chi connectivity index (χ1n) is 6.37. The Morgan fingerprint density at radius 3 is 2.44 bits per heavy atom. The summed E-state index contributed by atoms with van der Waals surface area (Å²) < 4.78 is 6.96. The van der Waals surface area contributed by atoms with Crippen molar-refractivity contribution in [2.75, 3.05) is 13.1 Å². The zero-order chi connectivity index (χ0) is 13.3. The molecular weight excluding hydrogens is 312 g/mol. The summed E-state index contributed by atoms with van der Waals surface area (Å²) in [6, 6.07) is 4.68. The van der Waals surface area contributed by atoms with Crippen molar-refractivity contribution >= 4 is 27.3 Å². The highest BCUT2D eigenvalue weighted by Crippen LogP contribution is 2.33. The topological polar surface area (TPSA) is 38.5 Å². The summed E-state index contributed by atoms with van der Waals surface area (Å²) in [6.45, 7) is 8.25. The number of hydrogen-bond acceptors (Lipinski definition) is 4. The van der Waals surface area contributed by atoms with Crippen molar-refractivity contribution in [2.45, 2.75) is 45.1 Å². The van der Waals surface area contributed by atoms with Crippen LogP contribution in [0.4, 0.5) is 0 Å². The Bertz CT molecular complexity index is 386. The van der Waals surface area contributed by atoms with E-state index < -0.39 is 0 Å². The van der Waals surface area contributed by atoms with Gasteiger partial charge in [0.1, 0.15) is 0 Å². The summed E-state index contributed by atoms with van der Waals surface area (Å²) >= 11 is 5.31. The van der Waals surface area contributed by atoms with Crippen molar-refractivity contribution in [3.63, 3.8) is 0 Å². The molecule has 102 valence electrons. The third-order valence-electron chi connectivity index (χ3n) is 3.22. The predicted molar refractivity (Wildman–Crippen MR) is 80.0 cm³/mol. The predicted octanol–water partition coefficient (Wildman–Crippen LogP) is 3.01. The van der Waals surface area contributed by atoms with E-state index in [1.807, 2.05) is 0 Å². The Balaban J connectivity index is 2.19. The second-order valence-corrected chi connectivity index (χ2v) is 7.65. The van der Waals surface area contributed by atoms with E-state index in [9.17, 15) is 0 Å². The van der Waals surface area contributed by atoms with Gasteiger partial charge in [-0.25, -0.2) is 0 Å². The van der Waals surface area contributed by atoms with Crippen LogP contribution in [0.3, 0.4) is 0 Å². The molecule has 0 aliphatic carbocycles. The summed E-state index contributed by atoms with van der Waals surface area (Å²) in [5.41, 5.74) is 6.21. The van der Waals surface area contributed by atoms with E-state index >= 15 is 0 Å². The summed E-state index contributed by atoms with van der Waals surface area (Å²) in [6.07, 6.45) is 0.553. The Kier molecular flexibility index (Phi) is 4.83. The second kappa shape index (κ2) is 6.01. The third-order valence-corrected chi connectivity index (χ3v) is 4.92. The van der Waals surface area contributed by atoms with Gasteiger partial charge in [-0.2, -0.15) is 0 Å². The molecule has 2 N–H and O–H groups in total. The highest BCUT2D eigenvalue weighted by molar-refractivity contribution is 9.11. The average molecular weight is 333 g/mol. The number of morpholine rings is 1. The molecule has 4 atom stereocenters. The largest absolute Gasteiger partial charge is 0.373 e. The fraction of sp³-hybridized carbons (Fsp3) is 0.692. The number of ether oxygens (including phenoxy) is 1. The number of nitrogens with zero attached hydrogens (tertiary/aromatic N) is 1. The van der Waals surface area contributed by atoms with Crippen LogP contribution in [0.2, 0.25) is 0 Å². The molecule has 1 aliphatic heterocycles. The molecule has 2 heterocycles. The van der Waals surface area contributed by atoms with Crippen LogP contribution in [0, 0.1) is 0 Å². The maximum atomic E-state index is 6.21. The van der Waals surface area contributed by atoms with Crippen molar-refractivity contribution in [3.8, 4) is 0 Å². The highest BCUT2D eigenvalue weighted by atomic mass is 79.9. The lowest BCUT2D eigenvalue weighted by molar-refractivity contribution is -0.0827. The summed E-state index contributed by atoms with van der Waals surface area (Å²) in [5, 5.41) is 0. The van der Waals surface area contributed by atoms with Gasteiger partial charge >= 0.3 is 0 Å². The molecule has 4 unspecified atom stereocenters. The molecule has 1 aromatic rings. The first-order valence-corrected chi connectivity index (χ1v) is 7.98. The van der Waals surface area contributed by atoms with Crippen LogP contribution in [-0.2, 0) is 4.74 Å². The molecule has 5 heteroatoms. The molecule has 18 heavy (non-hydrogen) atoms. The molecule has 0 spiro atoms. The quantitative estimate of drug-likeness (QED) is 0.924. The van der Waals surface area contributed by atoms with Crippen LogP contribution >= 0.6 is 27.3 Å².